The standard InChI is InChI=1S/C17H12INO3/c18-15-12-8-4-5-9-14(12)22-16(15)19-13(10-21-17(19)20)11-6-2-1-3-7-11/h1-9,13H,10H2. The summed E-state index contributed by atoms with van der Waals surface area (Å²) in [6, 6.07) is 17.5. The first-order valence-electron chi connectivity index (χ1n) is 6.93. The van der Waals surface area contributed by atoms with Crippen LogP contribution in [0.3, 0.4) is 0 Å². The van der Waals surface area contributed by atoms with E-state index in [9.17, 15) is 4.79 Å². The van der Waals surface area contributed by atoms with Crippen molar-refractivity contribution in [2.75, 3.05) is 11.5 Å². The summed E-state index contributed by atoms with van der Waals surface area (Å²) in [5.41, 5.74) is 1.80. The summed E-state index contributed by atoms with van der Waals surface area (Å²) in [5, 5.41) is 1.00. The van der Waals surface area contributed by atoms with Crippen molar-refractivity contribution in [1.29, 1.82) is 0 Å². The minimum Gasteiger partial charge on any atom is -0.446 e. The Morgan fingerprint density at radius 3 is 2.55 bits per heavy atom. The van der Waals surface area contributed by atoms with Crippen molar-refractivity contribution in [3.05, 3.63) is 63.7 Å². The number of furan rings is 1. The second-order valence-electron chi connectivity index (χ2n) is 5.09. The smallest absolute Gasteiger partial charge is 0.417 e. The van der Waals surface area contributed by atoms with Gasteiger partial charge < -0.3 is 9.15 Å². The molecule has 0 N–H and O–H groups in total. The second kappa shape index (κ2) is 5.31. The summed E-state index contributed by atoms with van der Waals surface area (Å²) in [5.74, 6) is 0.554. The number of rotatable bonds is 2. The molecule has 3 aromatic rings. The summed E-state index contributed by atoms with van der Waals surface area (Å²) in [6.07, 6.45) is -0.370. The van der Waals surface area contributed by atoms with E-state index in [0.717, 1.165) is 20.1 Å². The molecule has 110 valence electrons. The number of carbonyl (C=O) groups excluding carboxylic acids is 1. The molecule has 1 saturated heterocycles. The van der Waals surface area contributed by atoms with Crippen LogP contribution in [0, 0.1) is 3.57 Å². The molecular formula is C17H12INO3. The van der Waals surface area contributed by atoms with Crippen molar-refractivity contribution >= 4 is 45.5 Å². The van der Waals surface area contributed by atoms with E-state index in [1.54, 1.807) is 4.90 Å². The van der Waals surface area contributed by atoms with Gasteiger partial charge in [0.1, 0.15) is 18.2 Å². The van der Waals surface area contributed by atoms with Crippen LogP contribution in [0.15, 0.2) is 59.0 Å². The Morgan fingerprint density at radius 1 is 1.05 bits per heavy atom. The number of nitrogens with zero attached hydrogens (tertiary/aromatic N) is 1. The molecule has 1 atom stereocenters. The molecule has 2 heterocycles. The van der Waals surface area contributed by atoms with E-state index in [4.69, 9.17) is 9.15 Å². The Bertz CT molecular complexity index is 843. The number of hydrogen-bond donors (Lipinski definition) is 0. The Morgan fingerprint density at radius 2 is 1.77 bits per heavy atom. The van der Waals surface area contributed by atoms with Crippen LogP contribution in [0.2, 0.25) is 0 Å². The number of hydrogen-bond acceptors (Lipinski definition) is 3. The predicted molar refractivity (Wildman–Crippen MR) is 91.9 cm³/mol. The van der Waals surface area contributed by atoms with Gasteiger partial charge >= 0.3 is 6.09 Å². The van der Waals surface area contributed by atoms with E-state index in [0.29, 0.717) is 12.5 Å². The quantitative estimate of drug-likeness (QED) is 0.579. The molecule has 1 amide bonds. The monoisotopic (exact) mass is 405 g/mol. The summed E-state index contributed by atoms with van der Waals surface area (Å²) < 4.78 is 12.1. The average Bonchev–Trinajstić information content (AvgIpc) is 3.09. The molecule has 4 rings (SSSR count). The Hall–Kier alpha value is -2.02. The highest BCUT2D eigenvalue weighted by molar-refractivity contribution is 14.1. The lowest BCUT2D eigenvalue weighted by molar-refractivity contribution is 0.178. The van der Waals surface area contributed by atoms with Gasteiger partial charge in [0.15, 0.2) is 0 Å². The van der Waals surface area contributed by atoms with Crippen molar-refractivity contribution in [1.82, 2.24) is 0 Å². The highest BCUT2D eigenvalue weighted by Crippen LogP contribution is 2.40. The summed E-state index contributed by atoms with van der Waals surface area (Å²) in [7, 11) is 0. The number of cyclic esters (lactones) is 1. The fourth-order valence-corrected chi connectivity index (χ4v) is 3.54. The number of amides is 1. The lowest BCUT2D eigenvalue weighted by Crippen LogP contribution is -2.27. The predicted octanol–water partition coefficient (Wildman–Crippen LogP) is 4.74. The molecule has 1 unspecified atom stereocenters. The van der Waals surface area contributed by atoms with E-state index < -0.39 is 0 Å². The number of fused-ring (bicyclic) bond motifs is 1. The highest BCUT2D eigenvalue weighted by atomic mass is 127. The van der Waals surface area contributed by atoms with Gasteiger partial charge in [-0.25, -0.2) is 9.69 Å². The zero-order valence-electron chi connectivity index (χ0n) is 11.5. The van der Waals surface area contributed by atoms with Crippen LogP contribution >= 0.6 is 22.6 Å². The number of para-hydroxylation sites is 1. The molecule has 1 aliphatic heterocycles. The summed E-state index contributed by atoms with van der Waals surface area (Å²) in [4.78, 5) is 13.8. The fourth-order valence-electron chi connectivity index (χ4n) is 2.72. The topological polar surface area (TPSA) is 42.7 Å². The van der Waals surface area contributed by atoms with Gasteiger partial charge in [-0.1, -0.05) is 42.5 Å². The van der Waals surface area contributed by atoms with Crippen LogP contribution in [0.1, 0.15) is 11.6 Å². The van der Waals surface area contributed by atoms with Gasteiger partial charge in [0.05, 0.1) is 3.57 Å². The van der Waals surface area contributed by atoms with E-state index in [1.165, 1.54) is 0 Å². The van der Waals surface area contributed by atoms with Crippen molar-refractivity contribution in [3.63, 3.8) is 0 Å². The molecule has 5 heteroatoms. The van der Waals surface area contributed by atoms with Crippen LogP contribution in [0.25, 0.3) is 11.0 Å². The second-order valence-corrected chi connectivity index (χ2v) is 6.17. The molecular weight excluding hydrogens is 393 g/mol. The Balaban J connectivity index is 1.84. The molecule has 0 saturated carbocycles. The number of benzene rings is 2. The van der Waals surface area contributed by atoms with Gasteiger partial charge in [-0.2, -0.15) is 0 Å². The molecule has 0 aliphatic carbocycles. The Labute approximate surface area is 140 Å². The van der Waals surface area contributed by atoms with E-state index >= 15 is 0 Å². The average molecular weight is 405 g/mol. The lowest BCUT2D eigenvalue weighted by Gasteiger charge is -2.19. The van der Waals surface area contributed by atoms with Gasteiger partial charge in [-0.3, -0.25) is 0 Å². The van der Waals surface area contributed by atoms with Crippen molar-refractivity contribution in [3.8, 4) is 0 Å². The number of halogens is 1. The third kappa shape index (κ3) is 2.08. The highest BCUT2D eigenvalue weighted by Gasteiger charge is 2.38. The number of anilines is 1. The molecule has 0 spiro atoms. The van der Waals surface area contributed by atoms with Crippen LogP contribution in [0.4, 0.5) is 10.7 Å². The van der Waals surface area contributed by atoms with Gasteiger partial charge in [0, 0.05) is 5.39 Å². The molecule has 1 aromatic heterocycles. The van der Waals surface area contributed by atoms with E-state index in [-0.39, 0.29) is 12.1 Å². The molecule has 2 aromatic carbocycles. The minimum atomic E-state index is -0.370. The fraction of sp³-hybridized carbons (Fsp3) is 0.118. The van der Waals surface area contributed by atoms with Crippen LogP contribution < -0.4 is 4.90 Å². The molecule has 0 bridgehead atoms. The molecule has 4 nitrogen and oxygen atoms in total. The van der Waals surface area contributed by atoms with E-state index in [2.05, 4.69) is 22.6 Å². The third-order valence-electron chi connectivity index (χ3n) is 3.79. The minimum absolute atomic E-state index is 0.164. The van der Waals surface area contributed by atoms with Crippen LogP contribution in [0.5, 0.6) is 0 Å². The first-order chi connectivity index (χ1) is 10.8. The first kappa shape index (κ1) is 13.6. The van der Waals surface area contributed by atoms with Crippen molar-refractivity contribution in [2.24, 2.45) is 0 Å². The molecule has 22 heavy (non-hydrogen) atoms. The summed E-state index contributed by atoms with van der Waals surface area (Å²) in [6.45, 7) is 0.329. The van der Waals surface area contributed by atoms with Crippen molar-refractivity contribution < 1.29 is 13.9 Å². The van der Waals surface area contributed by atoms with Crippen molar-refractivity contribution in [2.45, 2.75) is 6.04 Å². The molecule has 1 aliphatic rings. The maximum absolute atomic E-state index is 12.2. The maximum Gasteiger partial charge on any atom is 0.417 e. The van der Waals surface area contributed by atoms with Crippen LogP contribution in [-0.2, 0) is 4.74 Å². The third-order valence-corrected chi connectivity index (χ3v) is 4.84. The lowest BCUT2D eigenvalue weighted by atomic mass is 10.1. The van der Waals surface area contributed by atoms with Gasteiger partial charge in [-0.15, -0.1) is 0 Å². The van der Waals surface area contributed by atoms with Crippen LogP contribution in [-0.4, -0.2) is 12.7 Å². The van der Waals surface area contributed by atoms with Gasteiger partial charge in [0.2, 0.25) is 5.88 Å². The number of ether oxygens (including phenoxy) is 1. The molecule has 0 radical (unpaired) electrons. The largest absolute Gasteiger partial charge is 0.446 e. The van der Waals surface area contributed by atoms with E-state index in [1.807, 2.05) is 54.6 Å². The Kier molecular flexibility index (Phi) is 3.29. The normalized spacial score (nSPS) is 18.0. The maximum atomic E-state index is 12.2. The zero-order chi connectivity index (χ0) is 15.1. The van der Waals surface area contributed by atoms with Gasteiger partial charge in [0.25, 0.3) is 0 Å². The number of carbonyl (C=O) groups is 1. The zero-order valence-corrected chi connectivity index (χ0v) is 13.7. The van der Waals surface area contributed by atoms with Gasteiger partial charge in [-0.05, 0) is 40.3 Å². The SMILES string of the molecule is O=C1OCC(c2ccccc2)N1c1oc2ccccc2c1I. The first-order valence-corrected chi connectivity index (χ1v) is 8.01. The molecule has 1 fully saturated rings. The summed E-state index contributed by atoms with van der Waals surface area (Å²) >= 11 is 2.22.